The monoisotopic (exact) mass is 404 g/mol. The van der Waals surface area contributed by atoms with Crippen LogP contribution in [0.15, 0.2) is 0 Å². The maximum atomic E-state index is 0. The molecule has 0 fully saturated rings. The molecule has 0 saturated heterocycles. The van der Waals surface area contributed by atoms with Gasteiger partial charge in [-0.15, -0.1) is 0 Å². The first-order valence-corrected chi connectivity index (χ1v) is 0. The molecule has 0 nitrogen and oxygen atoms in total. The molecule has 0 N–H and O–H groups in total. The topological polar surface area (TPSA) is 0 Å². The van der Waals surface area contributed by atoms with Crippen LogP contribution in [0.1, 0.15) is 2.85 Å². The van der Waals surface area contributed by atoms with Crippen LogP contribution in [0.4, 0.5) is 0 Å². The van der Waals surface area contributed by atoms with Crippen molar-refractivity contribution < 1.29 is 2.85 Å². The Balaban J connectivity index is 0. The van der Waals surface area contributed by atoms with Gasteiger partial charge < -0.3 is 2.85 Å². The van der Waals surface area contributed by atoms with Gasteiger partial charge in [-0.1, -0.05) is 0 Å². The van der Waals surface area contributed by atoms with E-state index in [1.807, 2.05) is 0 Å². The van der Waals surface area contributed by atoms with Crippen molar-refractivity contribution in [2.45, 2.75) is 0 Å². The third-order valence-electron chi connectivity index (χ3n) is 0. The van der Waals surface area contributed by atoms with E-state index in [9.17, 15) is 0 Å². The fourth-order valence-electron chi connectivity index (χ4n) is 0. The molecule has 0 heterocycles. The Morgan fingerprint density at radius 2 is 1.25 bits per heavy atom. The quantitative estimate of drug-likeness (QED) is 0.376. The summed E-state index contributed by atoms with van der Waals surface area (Å²) in [4.78, 5) is 0. The van der Waals surface area contributed by atoms with Crippen molar-refractivity contribution in [3.8, 4) is 0 Å². The fraction of sp³-hybridized carbons (Fsp3) is 0. The van der Waals surface area contributed by atoms with E-state index < -0.39 is 0 Å². The van der Waals surface area contributed by atoms with E-state index in [0.29, 0.717) is 0 Å². The predicted molar refractivity (Wildman–Crippen MR) is 35.0 cm³/mol. The van der Waals surface area contributed by atoms with Crippen molar-refractivity contribution in [1.29, 1.82) is 0 Å². The van der Waals surface area contributed by atoms with E-state index in [2.05, 4.69) is 0 Å². The van der Waals surface area contributed by atoms with Crippen molar-refractivity contribution in [2.75, 3.05) is 0 Å². The van der Waals surface area contributed by atoms with Crippen molar-refractivity contribution in [3.63, 3.8) is 0 Å². The Bertz CT molecular complexity index is 13.5. The molecule has 22 valence electrons. The summed E-state index contributed by atoms with van der Waals surface area (Å²) in [6, 6.07) is 0. The summed E-state index contributed by atoms with van der Waals surface area (Å²) in [5, 5.41) is 0. The van der Waals surface area contributed by atoms with Crippen LogP contribution in [0, 0.1) is 0 Å². The molecule has 0 aliphatic carbocycles. The van der Waals surface area contributed by atoms with Gasteiger partial charge in [0.05, 0.1) is 0 Å². The molecule has 0 saturated carbocycles. The number of hydrogen-bond acceptors (Lipinski definition) is 0. The maximum absolute atomic E-state index is 0. The first-order valence-electron chi connectivity index (χ1n) is 0. The van der Waals surface area contributed by atoms with Gasteiger partial charge in [-0.25, -0.2) is 0 Å². The van der Waals surface area contributed by atoms with E-state index in [1.54, 1.807) is 0 Å². The van der Waals surface area contributed by atoms with Crippen LogP contribution in [0.2, 0.25) is 0 Å². The second-order valence-electron chi connectivity index (χ2n) is 0. The van der Waals surface area contributed by atoms with Gasteiger partial charge in [0, 0.05) is 0 Å². The van der Waals surface area contributed by atoms with Crippen LogP contribution in [-0.2, 0) is 0 Å². The first kappa shape index (κ1) is 25.8. The van der Waals surface area contributed by atoms with Crippen molar-refractivity contribution in [1.82, 2.24) is 0 Å². The molecule has 0 aliphatic heterocycles. The molecular formula is H9AlCaPbSn. The van der Waals surface area contributed by atoms with Crippen molar-refractivity contribution in [3.05, 3.63) is 0 Å². The van der Waals surface area contributed by atoms with E-state index in [1.165, 1.54) is 0 Å². The predicted octanol–water partition coefficient (Wildman–Crippen LogP) is -3.17. The second kappa shape index (κ2) is 16.0. The summed E-state index contributed by atoms with van der Waals surface area (Å²) in [7, 11) is 0. The molecule has 0 atom stereocenters. The number of rotatable bonds is 0. The third kappa shape index (κ3) is 9.10. The zero-order chi connectivity index (χ0) is 0. The SMILES string of the molecule is [AlH3].[Ca+2].[H-].[H-].[PbH2].[SnH2]. The summed E-state index contributed by atoms with van der Waals surface area (Å²) in [5.41, 5.74) is 0. The van der Waals surface area contributed by atoms with Crippen molar-refractivity contribution >= 4 is 106 Å². The average Bonchev–Trinajstić information content (AvgIpc) is 0. The molecule has 0 aromatic carbocycles. The zero-order valence-corrected chi connectivity index (χ0v) is 13.9. The van der Waals surface area contributed by atoms with Gasteiger partial charge in [-0.2, -0.15) is 0 Å². The molecule has 0 aromatic rings. The van der Waals surface area contributed by atoms with Crippen LogP contribution in [0.3, 0.4) is 0 Å². The summed E-state index contributed by atoms with van der Waals surface area (Å²) in [6.45, 7) is 0. The third-order valence-corrected chi connectivity index (χ3v) is 0. The Hall–Kier alpha value is 3.51. The van der Waals surface area contributed by atoms with Gasteiger partial charge in [0.25, 0.3) is 0 Å². The van der Waals surface area contributed by atoms with Crippen molar-refractivity contribution in [2.24, 2.45) is 0 Å². The molecule has 4 heteroatoms. The standard InChI is InChI=1S/Al.Ca.Pb.Sn.9H/q;+2;;;;;;;;;;2*-1. The summed E-state index contributed by atoms with van der Waals surface area (Å²) < 4.78 is 0. The molecule has 4 radical (unpaired) electrons. The van der Waals surface area contributed by atoms with Gasteiger partial charge in [0.15, 0.2) is 17.4 Å². The minimum absolute atomic E-state index is 0. The van der Waals surface area contributed by atoms with Crippen LogP contribution in [0.25, 0.3) is 0 Å². The average molecular weight is 402 g/mol. The molecule has 4 heavy (non-hydrogen) atoms. The summed E-state index contributed by atoms with van der Waals surface area (Å²) in [6.07, 6.45) is 0. The molecular weight excluding hydrogens is 393 g/mol. The second-order valence-corrected chi connectivity index (χ2v) is 0. The molecule has 0 aliphatic rings. The van der Waals surface area contributed by atoms with Gasteiger partial charge in [-0.05, 0) is 0 Å². The molecule has 0 rings (SSSR count). The van der Waals surface area contributed by atoms with Crippen LogP contribution < -0.4 is 0 Å². The van der Waals surface area contributed by atoms with E-state index in [0.717, 1.165) is 0 Å². The Kier molecular flexibility index (Phi) is 104. The van der Waals surface area contributed by atoms with E-state index in [-0.39, 0.29) is 109 Å². The Labute approximate surface area is 107 Å². The van der Waals surface area contributed by atoms with Gasteiger partial charge in [-0.3, -0.25) is 0 Å². The molecule has 0 spiro atoms. The molecule has 0 bridgehead atoms. The van der Waals surface area contributed by atoms with Gasteiger partial charge in [0.2, 0.25) is 0 Å². The van der Waals surface area contributed by atoms with E-state index >= 15 is 0 Å². The Morgan fingerprint density at radius 3 is 1.25 bits per heavy atom. The van der Waals surface area contributed by atoms with Gasteiger partial charge >= 0.3 is 88.9 Å². The Morgan fingerprint density at radius 1 is 1.25 bits per heavy atom. The van der Waals surface area contributed by atoms with Gasteiger partial charge in [0.1, 0.15) is 0 Å². The van der Waals surface area contributed by atoms with Crippen LogP contribution in [-0.4, -0.2) is 106 Å². The first-order chi connectivity index (χ1) is 0. The summed E-state index contributed by atoms with van der Waals surface area (Å²) >= 11 is 0. The number of hydrogen-bond donors (Lipinski definition) is 0. The van der Waals surface area contributed by atoms with Crippen LogP contribution in [0.5, 0.6) is 0 Å². The normalized spacial score (nSPS) is 0. The van der Waals surface area contributed by atoms with E-state index in [4.69, 9.17) is 0 Å². The summed E-state index contributed by atoms with van der Waals surface area (Å²) in [5.74, 6) is 0. The van der Waals surface area contributed by atoms with Crippen LogP contribution >= 0.6 is 0 Å². The fourth-order valence-corrected chi connectivity index (χ4v) is 0. The minimum atomic E-state index is 0. The molecule has 0 amide bonds. The molecule has 0 unspecified atom stereocenters. The zero-order valence-electron chi connectivity index (χ0n) is 4.12. The molecule has 0 aromatic heterocycles.